The van der Waals surface area contributed by atoms with E-state index in [-0.39, 0.29) is 5.92 Å². The van der Waals surface area contributed by atoms with Crippen molar-refractivity contribution >= 4 is 5.78 Å². The molecule has 0 aliphatic rings. The topological polar surface area (TPSA) is 17.1 Å². The maximum Gasteiger partial charge on any atom is 0.135 e. The van der Waals surface area contributed by atoms with Gasteiger partial charge in [-0.2, -0.15) is 0 Å². The first kappa shape index (κ1) is 19.4. The number of rotatable bonds is 14. The van der Waals surface area contributed by atoms with E-state index in [0.29, 0.717) is 5.78 Å². The second-order valence-corrected chi connectivity index (χ2v) is 6.25. The van der Waals surface area contributed by atoms with E-state index < -0.39 is 0 Å². The molecule has 0 heterocycles. The summed E-state index contributed by atoms with van der Waals surface area (Å²) in [7, 11) is 0. The molecule has 0 aliphatic heterocycles. The lowest BCUT2D eigenvalue weighted by Crippen LogP contribution is -2.05. The van der Waals surface area contributed by atoms with Crippen molar-refractivity contribution in [3.63, 3.8) is 0 Å². The molecule has 0 saturated heterocycles. The SMILES string of the molecule is CCCCCC/C=C\CCCCCCCC(=O)C(C)C. The summed E-state index contributed by atoms with van der Waals surface area (Å²) >= 11 is 0. The van der Waals surface area contributed by atoms with Gasteiger partial charge in [0.2, 0.25) is 0 Å². The summed E-state index contributed by atoms with van der Waals surface area (Å²) in [5, 5.41) is 0. The molecule has 0 radical (unpaired) electrons. The maximum absolute atomic E-state index is 11.4. The van der Waals surface area contributed by atoms with Crippen molar-refractivity contribution in [3.8, 4) is 0 Å². The van der Waals surface area contributed by atoms with Crippen LogP contribution in [-0.2, 0) is 4.79 Å². The molecule has 0 aromatic carbocycles. The fourth-order valence-corrected chi connectivity index (χ4v) is 2.31. The molecule has 0 spiro atoms. The number of allylic oxidation sites excluding steroid dienone is 2. The Balaban J connectivity index is 3.16. The van der Waals surface area contributed by atoms with E-state index in [1.807, 2.05) is 13.8 Å². The minimum absolute atomic E-state index is 0.220. The summed E-state index contributed by atoms with van der Waals surface area (Å²) in [6.07, 6.45) is 19.7. The zero-order valence-corrected chi connectivity index (χ0v) is 14.1. The summed E-state index contributed by atoms with van der Waals surface area (Å²) in [5.74, 6) is 0.647. The van der Waals surface area contributed by atoms with Crippen molar-refractivity contribution in [2.24, 2.45) is 5.92 Å². The van der Waals surface area contributed by atoms with E-state index in [0.717, 1.165) is 12.8 Å². The largest absolute Gasteiger partial charge is 0.299 e. The lowest BCUT2D eigenvalue weighted by atomic mass is 10.0. The van der Waals surface area contributed by atoms with Crippen LogP contribution in [0.5, 0.6) is 0 Å². The first-order valence-corrected chi connectivity index (χ1v) is 8.86. The predicted molar refractivity (Wildman–Crippen MR) is 90.1 cm³/mol. The average Bonchev–Trinajstić information content (AvgIpc) is 2.43. The Morgan fingerprint density at radius 2 is 1.30 bits per heavy atom. The van der Waals surface area contributed by atoms with Gasteiger partial charge in [0.05, 0.1) is 0 Å². The Bertz CT molecular complexity index is 240. The zero-order valence-electron chi connectivity index (χ0n) is 14.1. The van der Waals surface area contributed by atoms with Crippen molar-refractivity contribution in [2.75, 3.05) is 0 Å². The Hall–Kier alpha value is -0.590. The van der Waals surface area contributed by atoms with Gasteiger partial charge in [0.15, 0.2) is 0 Å². The quantitative estimate of drug-likeness (QED) is 0.263. The third kappa shape index (κ3) is 13.8. The third-order valence-corrected chi connectivity index (χ3v) is 3.83. The van der Waals surface area contributed by atoms with Crippen LogP contribution in [0.4, 0.5) is 0 Å². The van der Waals surface area contributed by atoms with Gasteiger partial charge in [-0.3, -0.25) is 4.79 Å². The molecule has 0 unspecified atom stereocenters. The first-order valence-electron chi connectivity index (χ1n) is 8.86. The van der Waals surface area contributed by atoms with Gasteiger partial charge in [-0.25, -0.2) is 0 Å². The molecule has 0 N–H and O–H groups in total. The summed E-state index contributed by atoms with van der Waals surface area (Å²) in [6.45, 7) is 6.25. The molecule has 1 heteroatoms. The van der Waals surface area contributed by atoms with Crippen molar-refractivity contribution in [1.29, 1.82) is 0 Å². The van der Waals surface area contributed by atoms with E-state index >= 15 is 0 Å². The monoisotopic (exact) mass is 280 g/mol. The third-order valence-electron chi connectivity index (χ3n) is 3.83. The number of ketones is 1. The van der Waals surface area contributed by atoms with Gasteiger partial charge in [-0.15, -0.1) is 0 Å². The lowest BCUT2D eigenvalue weighted by molar-refractivity contribution is -0.122. The Morgan fingerprint density at radius 3 is 1.85 bits per heavy atom. The Morgan fingerprint density at radius 1 is 0.800 bits per heavy atom. The highest BCUT2D eigenvalue weighted by molar-refractivity contribution is 5.80. The fraction of sp³-hybridized carbons (Fsp3) is 0.842. The maximum atomic E-state index is 11.4. The number of carbonyl (C=O) groups excluding carboxylic acids is 1. The molecule has 0 rings (SSSR count). The van der Waals surface area contributed by atoms with Crippen molar-refractivity contribution in [1.82, 2.24) is 0 Å². The minimum atomic E-state index is 0.220. The molecule has 0 aliphatic carbocycles. The number of carbonyl (C=O) groups is 1. The molecule has 118 valence electrons. The number of hydrogen-bond donors (Lipinski definition) is 0. The molecule has 0 fully saturated rings. The molecule has 0 aromatic heterocycles. The van der Waals surface area contributed by atoms with Crippen LogP contribution in [0, 0.1) is 5.92 Å². The van der Waals surface area contributed by atoms with Gasteiger partial charge in [-0.05, 0) is 32.1 Å². The van der Waals surface area contributed by atoms with Crippen molar-refractivity contribution < 1.29 is 4.79 Å². The van der Waals surface area contributed by atoms with Gasteiger partial charge < -0.3 is 0 Å². The van der Waals surface area contributed by atoms with Crippen LogP contribution in [0.15, 0.2) is 12.2 Å². The van der Waals surface area contributed by atoms with E-state index in [1.54, 1.807) is 0 Å². The Kier molecular flexibility index (Phi) is 14.4. The molecule has 0 bridgehead atoms. The lowest BCUT2D eigenvalue weighted by Gasteiger charge is -2.03. The van der Waals surface area contributed by atoms with E-state index in [9.17, 15) is 4.79 Å². The number of hydrogen-bond acceptors (Lipinski definition) is 1. The van der Waals surface area contributed by atoms with Crippen LogP contribution in [0.1, 0.15) is 97.8 Å². The molecule has 0 aromatic rings. The normalized spacial score (nSPS) is 11.6. The number of unbranched alkanes of at least 4 members (excludes halogenated alkanes) is 9. The molecule has 0 atom stereocenters. The number of Topliss-reactive ketones (excluding diaryl/α,β-unsaturated/α-hetero) is 1. The van der Waals surface area contributed by atoms with E-state index in [4.69, 9.17) is 0 Å². The predicted octanol–water partition coefficient (Wildman–Crippen LogP) is 6.47. The second-order valence-electron chi connectivity index (χ2n) is 6.25. The van der Waals surface area contributed by atoms with E-state index in [2.05, 4.69) is 19.1 Å². The van der Waals surface area contributed by atoms with Crippen LogP contribution < -0.4 is 0 Å². The summed E-state index contributed by atoms with van der Waals surface area (Å²) in [5.41, 5.74) is 0. The average molecular weight is 280 g/mol. The van der Waals surface area contributed by atoms with Crippen molar-refractivity contribution in [2.45, 2.75) is 97.8 Å². The van der Waals surface area contributed by atoms with Crippen LogP contribution in [0.25, 0.3) is 0 Å². The highest BCUT2D eigenvalue weighted by Gasteiger charge is 2.05. The molecule has 20 heavy (non-hydrogen) atoms. The highest BCUT2D eigenvalue weighted by Crippen LogP contribution is 2.10. The van der Waals surface area contributed by atoms with Crippen LogP contribution >= 0.6 is 0 Å². The van der Waals surface area contributed by atoms with Crippen LogP contribution in [0.2, 0.25) is 0 Å². The van der Waals surface area contributed by atoms with Gasteiger partial charge in [-0.1, -0.05) is 71.4 Å². The summed E-state index contributed by atoms with van der Waals surface area (Å²) in [6, 6.07) is 0. The van der Waals surface area contributed by atoms with Gasteiger partial charge in [0, 0.05) is 12.3 Å². The molecular formula is C19H36O. The van der Waals surface area contributed by atoms with Gasteiger partial charge in [0.1, 0.15) is 5.78 Å². The molecular weight excluding hydrogens is 244 g/mol. The smallest absolute Gasteiger partial charge is 0.135 e. The molecule has 0 saturated carbocycles. The van der Waals surface area contributed by atoms with Gasteiger partial charge in [0.25, 0.3) is 0 Å². The van der Waals surface area contributed by atoms with Gasteiger partial charge >= 0.3 is 0 Å². The van der Waals surface area contributed by atoms with Crippen LogP contribution in [0.3, 0.4) is 0 Å². The molecule has 0 amide bonds. The fourth-order valence-electron chi connectivity index (χ4n) is 2.31. The zero-order chi connectivity index (χ0) is 15.1. The summed E-state index contributed by atoms with van der Waals surface area (Å²) in [4.78, 5) is 11.4. The second kappa shape index (κ2) is 14.8. The Labute approximate surface area is 127 Å². The highest BCUT2D eigenvalue weighted by atomic mass is 16.1. The standard InChI is InChI=1S/C19H36O/c1-4-5-6-7-8-9-10-11-12-13-14-15-16-17-19(20)18(2)3/h9-10,18H,4-8,11-17H2,1-3H3/b10-9-. The molecule has 1 nitrogen and oxygen atoms in total. The summed E-state index contributed by atoms with van der Waals surface area (Å²) < 4.78 is 0. The van der Waals surface area contributed by atoms with E-state index in [1.165, 1.54) is 64.2 Å². The van der Waals surface area contributed by atoms with Crippen LogP contribution in [-0.4, -0.2) is 5.78 Å². The minimum Gasteiger partial charge on any atom is -0.299 e. The first-order chi connectivity index (χ1) is 9.68. The van der Waals surface area contributed by atoms with Crippen molar-refractivity contribution in [3.05, 3.63) is 12.2 Å².